The predicted molar refractivity (Wildman–Crippen MR) is 198 cm³/mol. The molecule has 0 saturated carbocycles. The zero-order chi connectivity index (χ0) is 39.8. The number of rotatable bonds is 13. The third-order valence-electron chi connectivity index (χ3n) is 7.00. The first kappa shape index (κ1) is 40.4. The number of nitro benzene ring substituents is 2. The number of imidazole rings is 1. The average molecular weight is 847 g/mol. The summed E-state index contributed by atoms with van der Waals surface area (Å²) < 4.78 is 46.7. The number of halogens is 1. The standard InChI is InChI=1S/C23H21BrN8O5S.C8H7NO6S/c1-38(36,37)20-7-2-14(10-19(20)32(34)35)22(33)29-15-3-5-16(6-4-15)30-23-27-12-18(24)21(31-23)26-9-8-17-11-25-13-28-17;1-16(14,15)7-3-2-5(8(10)11)4-6(7)9(12)13/h2-7,10-13H,8-9H2,1H3,(H,25,28)(H,29,33)(H2,26,27,30,31);2-4H,1H3,(H,10,11). The van der Waals surface area contributed by atoms with Crippen LogP contribution in [0.3, 0.4) is 0 Å². The second kappa shape index (κ2) is 17.0. The van der Waals surface area contributed by atoms with Gasteiger partial charge in [0.25, 0.3) is 17.3 Å². The lowest BCUT2D eigenvalue weighted by Crippen LogP contribution is -2.13. The van der Waals surface area contributed by atoms with Crippen molar-refractivity contribution in [3.8, 4) is 0 Å². The van der Waals surface area contributed by atoms with Gasteiger partial charge in [-0.1, -0.05) is 0 Å². The van der Waals surface area contributed by atoms with Gasteiger partial charge in [0, 0.05) is 72.6 Å². The number of aromatic carboxylic acids is 1. The fourth-order valence-corrected chi connectivity index (χ4v) is 6.47. The van der Waals surface area contributed by atoms with Crippen LogP contribution in [0.4, 0.5) is 34.5 Å². The lowest BCUT2D eigenvalue weighted by Gasteiger charge is -2.11. The van der Waals surface area contributed by atoms with Crippen molar-refractivity contribution in [3.63, 3.8) is 0 Å². The maximum Gasteiger partial charge on any atom is 0.335 e. The lowest BCUT2D eigenvalue weighted by atomic mass is 10.2. The minimum atomic E-state index is -3.83. The number of H-pyrrole nitrogens is 1. The summed E-state index contributed by atoms with van der Waals surface area (Å²) in [6.45, 7) is 0.631. The number of anilines is 4. The number of amides is 1. The van der Waals surface area contributed by atoms with Gasteiger partial charge in [0.2, 0.25) is 5.95 Å². The number of nitrogens with zero attached hydrogens (tertiary/aromatic N) is 5. The van der Waals surface area contributed by atoms with Crippen LogP contribution in [0, 0.1) is 20.2 Å². The maximum absolute atomic E-state index is 12.6. The van der Waals surface area contributed by atoms with E-state index in [2.05, 4.69) is 51.8 Å². The van der Waals surface area contributed by atoms with E-state index in [0.717, 1.165) is 55.0 Å². The van der Waals surface area contributed by atoms with Crippen LogP contribution in [-0.4, -0.2) is 82.7 Å². The Kier molecular flexibility index (Phi) is 12.7. The number of benzene rings is 3. The summed E-state index contributed by atoms with van der Waals surface area (Å²) in [5.41, 5.74) is 0.292. The molecule has 2 aromatic heterocycles. The molecule has 0 radical (unpaired) electrons. The van der Waals surface area contributed by atoms with Crippen LogP contribution in [-0.2, 0) is 26.1 Å². The summed E-state index contributed by atoms with van der Waals surface area (Å²) in [6, 6.07) is 12.5. The van der Waals surface area contributed by atoms with Crippen molar-refractivity contribution in [1.29, 1.82) is 0 Å². The lowest BCUT2D eigenvalue weighted by molar-refractivity contribution is -0.388. The Morgan fingerprint density at radius 3 is 1.93 bits per heavy atom. The Morgan fingerprint density at radius 2 is 1.41 bits per heavy atom. The molecule has 0 aliphatic rings. The van der Waals surface area contributed by atoms with Crippen molar-refractivity contribution in [1.82, 2.24) is 19.9 Å². The van der Waals surface area contributed by atoms with Gasteiger partial charge in [-0.25, -0.2) is 31.6 Å². The minimum Gasteiger partial charge on any atom is -0.478 e. The molecule has 2 heterocycles. The molecule has 20 nitrogen and oxygen atoms in total. The largest absolute Gasteiger partial charge is 0.478 e. The van der Waals surface area contributed by atoms with Crippen molar-refractivity contribution >= 4 is 82.0 Å². The molecule has 0 unspecified atom stereocenters. The summed E-state index contributed by atoms with van der Waals surface area (Å²) in [5, 5.41) is 39.5. The number of hydrogen-bond donors (Lipinski definition) is 5. The molecule has 1 amide bonds. The Hall–Kier alpha value is -6.33. The second-order valence-corrected chi connectivity index (χ2v) is 15.9. The monoisotopic (exact) mass is 845 g/mol. The number of aromatic amines is 1. The van der Waals surface area contributed by atoms with Crippen molar-refractivity contribution in [2.75, 3.05) is 35.0 Å². The van der Waals surface area contributed by atoms with Gasteiger partial charge < -0.3 is 26.0 Å². The number of nitro groups is 2. The minimum absolute atomic E-state index is 0.0536. The van der Waals surface area contributed by atoms with E-state index < -0.39 is 62.6 Å². The number of sulfone groups is 2. The van der Waals surface area contributed by atoms with Gasteiger partial charge in [-0.05, 0) is 64.5 Å². The molecule has 0 aliphatic heterocycles. The van der Waals surface area contributed by atoms with Gasteiger partial charge in [0.15, 0.2) is 19.7 Å². The van der Waals surface area contributed by atoms with Gasteiger partial charge in [0.05, 0.1) is 26.2 Å². The number of carboxylic acids is 1. The average Bonchev–Trinajstić information content (AvgIpc) is 3.63. The van der Waals surface area contributed by atoms with Crippen LogP contribution in [0.5, 0.6) is 0 Å². The van der Waals surface area contributed by atoms with Crippen LogP contribution >= 0.6 is 15.9 Å². The van der Waals surface area contributed by atoms with Crippen LogP contribution in [0.15, 0.2) is 93.6 Å². The second-order valence-electron chi connectivity index (χ2n) is 11.0. The molecular formula is C31H28BrN9O11S2. The molecule has 282 valence electrons. The number of aromatic nitrogens is 4. The number of carbonyl (C=O) groups is 2. The van der Waals surface area contributed by atoms with E-state index in [-0.39, 0.29) is 11.1 Å². The van der Waals surface area contributed by atoms with Gasteiger partial charge >= 0.3 is 5.97 Å². The molecule has 5 aromatic rings. The van der Waals surface area contributed by atoms with Crippen molar-refractivity contribution in [3.05, 3.63) is 121 Å². The van der Waals surface area contributed by atoms with Crippen LogP contribution in [0.2, 0.25) is 0 Å². The fraction of sp³-hybridized carbons (Fsp3) is 0.129. The van der Waals surface area contributed by atoms with E-state index in [4.69, 9.17) is 5.11 Å². The highest BCUT2D eigenvalue weighted by Gasteiger charge is 2.25. The van der Waals surface area contributed by atoms with Gasteiger partial charge in [0.1, 0.15) is 15.6 Å². The summed E-state index contributed by atoms with van der Waals surface area (Å²) in [4.78, 5) is 58.1. The van der Waals surface area contributed by atoms with E-state index >= 15 is 0 Å². The van der Waals surface area contributed by atoms with Crippen LogP contribution < -0.4 is 16.0 Å². The SMILES string of the molecule is CS(=O)(=O)c1ccc(C(=O)Nc2ccc(Nc3ncc(Br)c(NCCc4cnc[nH]4)n3)cc2)cc1[N+](=O)[O-].CS(=O)(=O)c1ccc(C(=O)O)cc1[N+](=O)[O-]. The maximum atomic E-state index is 12.6. The Bertz CT molecular complexity index is 2450. The normalized spacial score (nSPS) is 11.1. The summed E-state index contributed by atoms with van der Waals surface area (Å²) in [5.74, 6) is -1.02. The molecule has 3 aromatic carbocycles. The number of hydrogen-bond acceptors (Lipinski definition) is 15. The molecule has 0 atom stereocenters. The zero-order valence-corrected chi connectivity index (χ0v) is 31.1. The first-order valence-electron chi connectivity index (χ1n) is 15.0. The third-order valence-corrected chi connectivity index (χ3v) is 9.87. The molecule has 0 aliphatic carbocycles. The molecule has 23 heteroatoms. The molecule has 0 bridgehead atoms. The first-order chi connectivity index (χ1) is 25.3. The van der Waals surface area contributed by atoms with E-state index in [0.29, 0.717) is 34.2 Å². The number of nitrogens with one attached hydrogen (secondary N) is 4. The van der Waals surface area contributed by atoms with Crippen molar-refractivity contribution < 1.29 is 41.4 Å². The van der Waals surface area contributed by atoms with Gasteiger partial charge in [-0.2, -0.15) is 4.98 Å². The molecule has 5 rings (SSSR count). The zero-order valence-electron chi connectivity index (χ0n) is 27.9. The first-order valence-corrected chi connectivity index (χ1v) is 19.5. The molecular weight excluding hydrogens is 818 g/mol. The Balaban J connectivity index is 0.000000340. The predicted octanol–water partition coefficient (Wildman–Crippen LogP) is 4.62. The van der Waals surface area contributed by atoms with Crippen LogP contribution in [0.1, 0.15) is 26.4 Å². The van der Waals surface area contributed by atoms with Crippen molar-refractivity contribution in [2.45, 2.75) is 16.2 Å². The van der Waals surface area contributed by atoms with Gasteiger partial charge in [-0.15, -0.1) is 0 Å². The molecule has 0 fully saturated rings. The summed E-state index contributed by atoms with van der Waals surface area (Å²) >= 11 is 3.43. The highest BCUT2D eigenvalue weighted by atomic mass is 79.9. The topological polar surface area (TPSA) is 299 Å². The summed E-state index contributed by atoms with van der Waals surface area (Å²) in [7, 11) is -7.59. The highest BCUT2D eigenvalue weighted by Crippen LogP contribution is 2.27. The summed E-state index contributed by atoms with van der Waals surface area (Å²) in [6.07, 6.45) is 7.42. The third kappa shape index (κ3) is 10.8. The van der Waals surface area contributed by atoms with E-state index in [1.54, 1.807) is 43.0 Å². The molecule has 54 heavy (non-hydrogen) atoms. The van der Waals surface area contributed by atoms with E-state index in [1.807, 2.05) is 0 Å². The van der Waals surface area contributed by atoms with Gasteiger partial charge in [-0.3, -0.25) is 25.0 Å². The van der Waals surface area contributed by atoms with E-state index in [9.17, 15) is 46.7 Å². The fourth-order valence-electron chi connectivity index (χ4n) is 4.48. The molecule has 0 spiro atoms. The number of carbonyl (C=O) groups excluding carboxylic acids is 1. The smallest absolute Gasteiger partial charge is 0.335 e. The van der Waals surface area contributed by atoms with E-state index in [1.165, 1.54) is 6.07 Å². The Labute approximate surface area is 314 Å². The molecule has 5 N–H and O–H groups in total. The van der Waals surface area contributed by atoms with Crippen molar-refractivity contribution in [2.24, 2.45) is 0 Å². The number of carboxylic acid groups (broad SMARTS) is 1. The Morgan fingerprint density at radius 1 is 0.852 bits per heavy atom. The quantitative estimate of drug-likeness (QED) is 0.0797. The molecule has 0 saturated heterocycles. The highest BCUT2D eigenvalue weighted by molar-refractivity contribution is 9.10. The van der Waals surface area contributed by atoms with Crippen LogP contribution in [0.25, 0.3) is 0 Å².